The number of carbonyl (C=O) groups is 2. The number of methoxy groups -OCH3 is 1. The van der Waals surface area contributed by atoms with E-state index in [2.05, 4.69) is 5.32 Å². The highest BCUT2D eigenvalue weighted by Gasteiger charge is 2.27. The molecule has 5 rings (SSSR count). The Kier molecular flexibility index (Phi) is 7.16. The van der Waals surface area contributed by atoms with Crippen molar-refractivity contribution < 1.29 is 19.1 Å². The van der Waals surface area contributed by atoms with Crippen LogP contribution in [-0.2, 0) is 9.53 Å². The molecule has 0 fully saturated rings. The van der Waals surface area contributed by atoms with Crippen LogP contribution in [0.25, 0.3) is 21.5 Å². The van der Waals surface area contributed by atoms with Gasteiger partial charge in [-0.05, 0) is 41.8 Å². The number of rotatable bonds is 7. The van der Waals surface area contributed by atoms with Crippen LogP contribution in [0, 0.1) is 0 Å². The van der Waals surface area contributed by atoms with E-state index in [1.165, 1.54) is 18.4 Å². The first-order valence-electron chi connectivity index (χ1n) is 11.4. The van der Waals surface area contributed by atoms with Gasteiger partial charge in [-0.3, -0.25) is 4.79 Å². The predicted molar refractivity (Wildman–Crippen MR) is 146 cm³/mol. The van der Waals surface area contributed by atoms with Crippen LogP contribution in [0.4, 0.5) is 5.69 Å². The number of thiophene rings is 1. The molecule has 0 spiro atoms. The van der Waals surface area contributed by atoms with E-state index in [1.54, 1.807) is 48.5 Å². The van der Waals surface area contributed by atoms with Crippen molar-refractivity contribution in [3.63, 3.8) is 0 Å². The van der Waals surface area contributed by atoms with Gasteiger partial charge in [0.2, 0.25) is 6.10 Å². The molecule has 2 heterocycles. The van der Waals surface area contributed by atoms with E-state index in [4.69, 9.17) is 26.1 Å². The number of nitrogens with one attached hydrogen (secondary N) is 1. The molecule has 0 radical (unpaired) electrons. The molecule has 0 aliphatic heterocycles. The summed E-state index contributed by atoms with van der Waals surface area (Å²) < 4.78 is 11.1. The first-order valence-corrected chi connectivity index (χ1v) is 12.6. The number of hydrogen-bond acceptors (Lipinski definition) is 6. The maximum Gasteiger partial charge on any atom is 0.340 e. The lowest BCUT2D eigenvalue weighted by Crippen LogP contribution is -2.26. The minimum atomic E-state index is -1.20. The Labute approximate surface area is 222 Å². The normalized spacial score (nSPS) is 11.6. The van der Waals surface area contributed by atoms with E-state index in [9.17, 15) is 9.59 Å². The fourth-order valence-corrected chi connectivity index (χ4v) is 4.86. The molecule has 0 saturated carbocycles. The lowest BCUT2D eigenvalue weighted by atomic mass is 10.1. The molecule has 1 atom stereocenters. The van der Waals surface area contributed by atoms with Crippen molar-refractivity contribution in [1.82, 2.24) is 4.98 Å². The molecular formula is C29H21ClN2O4S. The zero-order chi connectivity index (χ0) is 25.8. The van der Waals surface area contributed by atoms with Crippen LogP contribution < -0.4 is 10.1 Å². The number of amides is 1. The summed E-state index contributed by atoms with van der Waals surface area (Å²) in [5.41, 5.74) is 2.63. The summed E-state index contributed by atoms with van der Waals surface area (Å²) in [6, 6.07) is 26.7. The van der Waals surface area contributed by atoms with Crippen LogP contribution in [0.15, 0.2) is 96.4 Å². The zero-order valence-electron chi connectivity index (χ0n) is 19.7. The summed E-state index contributed by atoms with van der Waals surface area (Å²) in [7, 11) is 1.51. The average molecular weight is 529 g/mol. The van der Waals surface area contributed by atoms with E-state index in [1.807, 2.05) is 47.8 Å². The lowest BCUT2D eigenvalue weighted by molar-refractivity contribution is -0.125. The van der Waals surface area contributed by atoms with Crippen molar-refractivity contribution in [2.24, 2.45) is 0 Å². The lowest BCUT2D eigenvalue weighted by Gasteiger charge is -2.19. The number of benzene rings is 3. The molecule has 0 bridgehead atoms. The number of ether oxygens (including phenoxy) is 2. The summed E-state index contributed by atoms with van der Waals surface area (Å²) in [6.07, 6.45) is -1.20. The fraction of sp³-hybridized carbons (Fsp3) is 0.0690. The Hall–Kier alpha value is -4.20. The molecule has 1 amide bonds. The molecule has 184 valence electrons. The molecule has 3 aromatic carbocycles. The maximum absolute atomic E-state index is 13.6. The van der Waals surface area contributed by atoms with Crippen molar-refractivity contribution in [3.8, 4) is 16.3 Å². The number of anilines is 1. The topological polar surface area (TPSA) is 77.5 Å². The monoisotopic (exact) mass is 528 g/mol. The van der Waals surface area contributed by atoms with Gasteiger partial charge in [0.15, 0.2) is 0 Å². The SMILES string of the molecule is COc1ccc(NC(=O)[C@H](OC(=O)c2cc(-c3cccs3)nc3ccccc23)c2ccccc2)cc1Cl. The highest BCUT2D eigenvalue weighted by Crippen LogP contribution is 2.31. The van der Waals surface area contributed by atoms with Crippen LogP contribution in [0.3, 0.4) is 0 Å². The highest BCUT2D eigenvalue weighted by atomic mass is 35.5. The van der Waals surface area contributed by atoms with Gasteiger partial charge in [0, 0.05) is 16.6 Å². The van der Waals surface area contributed by atoms with Crippen molar-refractivity contribution in [2.75, 3.05) is 12.4 Å². The molecular weight excluding hydrogens is 508 g/mol. The van der Waals surface area contributed by atoms with E-state index >= 15 is 0 Å². The number of pyridine rings is 1. The minimum absolute atomic E-state index is 0.329. The summed E-state index contributed by atoms with van der Waals surface area (Å²) in [6.45, 7) is 0. The van der Waals surface area contributed by atoms with Crippen LogP contribution in [0.2, 0.25) is 5.02 Å². The van der Waals surface area contributed by atoms with Crippen LogP contribution >= 0.6 is 22.9 Å². The van der Waals surface area contributed by atoms with Gasteiger partial charge in [-0.2, -0.15) is 0 Å². The first kappa shape index (κ1) is 24.5. The molecule has 0 aliphatic carbocycles. The van der Waals surface area contributed by atoms with Crippen molar-refractivity contribution >= 4 is 51.4 Å². The van der Waals surface area contributed by atoms with Crippen molar-refractivity contribution in [2.45, 2.75) is 6.10 Å². The first-order chi connectivity index (χ1) is 18.0. The van der Waals surface area contributed by atoms with Gasteiger partial charge in [-0.1, -0.05) is 66.2 Å². The smallest absolute Gasteiger partial charge is 0.340 e. The summed E-state index contributed by atoms with van der Waals surface area (Å²) in [5.74, 6) is -0.664. The number of nitrogens with zero attached hydrogens (tertiary/aromatic N) is 1. The van der Waals surface area contributed by atoms with Gasteiger partial charge < -0.3 is 14.8 Å². The Balaban J connectivity index is 1.49. The number of fused-ring (bicyclic) bond motifs is 1. The van der Waals surface area contributed by atoms with E-state index < -0.39 is 18.0 Å². The van der Waals surface area contributed by atoms with E-state index in [0.29, 0.717) is 44.2 Å². The van der Waals surface area contributed by atoms with E-state index in [0.717, 1.165) is 4.88 Å². The van der Waals surface area contributed by atoms with Gasteiger partial charge in [0.25, 0.3) is 5.91 Å². The standard InChI is InChI=1S/C29H21ClN2O4S/c1-35-25-14-13-19(16-22(25)30)31-28(33)27(18-8-3-2-4-9-18)36-29(34)21-17-24(26-12-7-15-37-26)32-23-11-6-5-10-20(21)23/h2-17,27H,1H3,(H,31,33)/t27-/m1/s1. The van der Waals surface area contributed by atoms with Gasteiger partial charge in [-0.25, -0.2) is 9.78 Å². The second-order valence-corrected chi connectivity index (χ2v) is 9.44. The van der Waals surface area contributed by atoms with Crippen LogP contribution in [-0.4, -0.2) is 24.0 Å². The maximum atomic E-state index is 13.6. The summed E-state index contributed by atoms with van der Waals surface area (Å²) in [4.78, 5) is 32.6. The van der Waals surface area contributed by atoms with Gasteiger partial charge >= 0.3 is 5.97 Å². The molecule has 2 aromatic heterocycles. The van der Waals surface area contributed by atoms with Crippen molar-refractivity contribution in [1.29, 1.82) is 0 Å². The van der Waals surface area contributed by atoms with Gasteiger partial charge in [0.1, 0.15) is 5.75 Å². The molecule has 5 aromatic rings. The molecule has 0 aliphatic rings. The van der Waals surface area contributed by atoms with Crippen molar-refractivity contribution in [3.05, 3.63) is 113 Å². The third-order valence-electron chi connectivity index (χ3n) is 5.69. The summed E-state index contributed by atoms with van der Waals surface area (Å²) in [5, 5.41) is 5.73. The number of halogens is 1. The second-order valence-electron chi connectivity index (χ2n) is 8.08. The summed E-state index contributed by atoms with van der Waals surface area (Å²) >= 11 is 7.75. The number of esters is 1. The number of carbonyl (C=O) groups excluding carboxylic acids is 2. The van der Waals surface area contributed by atoms with Gasteiger partial charge in [-0.15, -0.1) is 11.3 Å². The molecule has 37 heavy (non-hydrogen) atoms. The molecule has 6 nitrogen and oxygen atoms in total. The Morgan fingerprint density at radius 2 is 1.73 bits per heavy atom. The highest BCUT2D eigenvalue weighted by molar-refractivity contribution is 7.13. The molecule has 0 unspecified atom stereocenters. The Morgan fingerprint density at radius 3 is 2.46 bits per heavy atom. The Bertz CT molecular complexity index is 1570. The average Bonchev–Trinajstić information content (AvgIpc) is 3.47. The quantitative estimate of drug-likeness (QED) is 0.227. The predicted octanol–water partition coefficient (Wildman–Crippen LogP) is 7.16. The number of hydrogen-bond donors (Lipinski definition) is 1. The molecule has 0 saturated heterocycles. The van der Waals surface area contributed by atoms with Crippen LogP contribution in [0.1, 0.15) is 22.0 Å². The zero-order valence-corrected chi connectivity index (χ0v) is 21.3. The third kappa shape index (κ3) is 5.33. The van der Waals surface area contributed by atoms with Crippen LogP contribution in [0.5, 0.6) is 5.75 Å². The fourth-order valence-electron chi connectivity index (χ4n) is 3.92. The van der Waals surface area contributed by atoms with E-state index in [-0.39, 0.29) is 0 Å². The largest absolute Gasteiger partial charge is 0.495 e. The molecule has 8 heteroatoms. The third-order valence-corrected chi connectivity index (χ3v) is 6.88. The van der Waals surface area contributed by atoms with Gasteiger partial charge in [0.05, 0.1) is 33.8 Å². The Morgan fingerprint density at radius 1 is 0.946 bits per heavy atom. The minimum Gasteiger partial charge on any atom is -0.495 e. The second kappa shape index (κ2) is 10.8. The number of para-hydroxylation sites is 1. The molecule has 1 N–H and O–H groups in total. The number of aromatic nitrogens is 1.